The van der Waals surface area contributed by atoms with Gasteiger partial charge >= 0.3 is 0 Å². The Labute approximate surface area is 193 Å². The highest BCUT2D eigenvalue weighted by Crippen LogP contribution is 2.25. The lowest BCUT2D eigenvalue weighted by Gasteiger charge is -2.11. The first kappa shape index (κ1) is 21.0. The zero-order valence-electron chi connectivity index (χ0n) is 18.4. The van der Waals surface area contributed by atoms with Gasteiger partial charge in [-0.05, 0) is 37.1 Å². The molecule has 33 heavy (non-hydrogen) atoms. The number of nitrogens with zero attached hydrogens (tertiary/aromatic N) is 7. The number of hydrogen-bond acceptors (Lipinski definition) is 8. The molecule has 10 nitrogen and oxygen atoms in total. The largest absolute Gasteiger partial charge is 0.485 e. The van der Waals surface area contributed by atoms with E-state index in [1.165, 1.54) is 21.0 Å². The van der Waals surface area contributed by atoms with Crippen LogP contribution in [0.4, 0.5) is 0 Å². The molecule has 0 amide bonds. The highest BCUT2D eigenvalue weighted by molar-refractivity contribution is 7.98. The van der Waals surface area contributed by atoms with Gasteiger partial charge in [-0.2, -0.15) is 0 Å². The van der Waals surface area contributed by atoms with E-state index in [9.17, 15) is 4.79 Å². The monoisotopic (exact) mass is 462 g/mol. The maximum Gasteiger partial charge on any atom is 0.262 e. The van der Waals surface area contributed by atoms with Crippen LogP contribution in [-0.4, -0.2) is 34.0 Å². The molecule has 0 bridgehead atoms. The lowest BCUT2D eigenvalue weighted by Crippen LogP contribution is -2.20. The van der Waals surface area contributed by atoms with Crippen LogP contribution in [0.3, 0.4) is 0 Å². The molecule has 3 aromatic heterocycles. The Morgan fingerprint density at radius 1 is 0.970 bits per heavy atom. The van der Waals surface area contributed by atoms with Crippen molar-refractivity contribution in [1.82, 2.24) is 34.0 Å². The second kappa shape index (κ2) is 8.24. The van der Waals surface area contributed by atoms with Crippen molar-refractivity contribution in [3.8, 4) is 5.75 Å². The molecular formula is C22H22N8O2S. The molecule has 168 valence electrons. The van der Waals surface area contributed by atoms with Crippen molar-refractivity contribution in [1.29, 1.82) is 0 Å². The lowest BCUT2D eigenvalue weighted by molar-refractivity contribution is 0.288. The fourth-order valence-electron chi connectivity index (χ4n) is 3.78. The molecule has 0 aliphatic carbocycles. The van der Waals surface area contributed by atoms with E-state index in [-0.39, 0.29) is 12.2 Å². The van der Waals surface area contributed by atoms with E-state index >= 15 is 0 Å². The van der Waals surface area contributed by atoms with Crippen LogP contribution in [-0.2, 0) is 19.4 Å². The summed E-state index contributed by atoms with van der Waals surface area (Å²) < 4.78 is 10.8. The Morgan fingerprint density at radius 3 is 2.48 bits per heavy atom. The van der Waals surface area contributed by atoms with Crippen LogP contribution in [0.15, 0.2) is 52.4 Å². The minimum Gasteiger partial charge on any atom is -0.485 e. The van der Waals surface area contributed by atoms with E-state index < -0.39 is 0 Å². The molecule has 0 aliphatic rings. The molecule has 11 heteroatoms. The fourth-order valence-corrected chi connectivity index (χ4v) is 4.57. The third-order valence-corrected chi connectivity index (χ3v) is 6.45. The smallest absolute Gasteiger partial charge is 0.262 e. The maximum atomic E-state index is 12.6. The second-order valence-corrected chi connectivity index (χ2v) is 8.64. The number of nitrogens with two attached hydrogens (primary N) is 1. The Hall–Kier alpha value is -3.86. The Balaban J connectivity index is 1.39. The lowest BCUT2D eigenvalue weighted by atomic mass is 10.1. The number of rotatable bonds is 6. The van der Waals surface area contributed by atoms with Crippen molar-refractivity contribution in [2.45, 2.75) is 31.4 Å². The molecule has 0 unspecified atom stereocenters. The number of aromatic nitrogens is 7. The second-order valence-electron chi connectivity index (χ2n) is 7.70. The quantitative estimate of drug-likeness (QED) is 0.302. The molecule has 0 radical (unpaired) electrons. The summed E-state index contributed by atoms with van der Waals surface area (Å²) in [6.07, 6.45) is 0. The van der Waals surface area contributed by atoms with Gasteiger partial charge in [-0.1, -0.05) is 42.1 Å². The predicted molar refractivity (Wildman–Crippen MR) is 126 cm³/mol. The van der Waals surface area contributed by atoms with E-state index in [1.807, 2.05) is 54.6 Å². The van der Waals surface area contributed by atoms with Crippen LogP contribution < -0.4 is 16.1 Å². The Kier molecular flexibility index (Phi) is 5.25. The zero-order valence-corrected chi connectivity index (χ0v) is 19.2. The molecule has 0 saturated heterocycles. The van der Waals surface area contributed by atoms with Gasteiger partial charge in [-0.25, -0.2) is 4.68 Å². The van der Waals surface area contributed by atoms with Gasteiger partial charge in [-0.3, -0.25) is 13.8 Å². The summed E-state index contributed by atoms with van der Waals surface area (Å²) >= 11 is 1.39. The van der Waals surface area contributed by atoms with Gasteiger partial charge in [-0.15, -0.1) is 20.4 Å². The van der Waals surface area contributed by atoms with E-state index in [2.05, 4.69) is 20.4 Å². The molecule has 2 N–H and O–H groups in total. The van der Waals surface area contributed by atoms with Crippen molar-refractivity contribution in [2.75, 3.05) is 5.84 Å². The van der Waals surface area contributed by atoms with Crippen molar-refractivity contribution in [2.24, 2.45) is 7.05 Å². The maximum absolute atomic E-state index is 12.6. The molecule has 5 aromatic rings. The van der Waals surface area contributed by atoms with E-state index in [0.29, 0.717) is 33.7 Å². The number of aryl methyl sites for hydroxylation is 3. The number of benzene rings is 2. The van der Waals surface area contributed by atoms with Gasteiger partial charge in [0.15, 0.2) is 5.82 Å². The minimum absolute atomic E-state index is 0.111. The van der Waals surface area contributed by atoms with Crippen LogP contribution >= 0.6 is 11.8 Å². The third kappa shape index (κ3) is 3.59. The van der Waals surface area contributed by atoms with Gasteiger partial charge in [0.25, 0.3) is 5.56 Å². The van der Waals surface area contributed by atoms with E-state index in [4.69, 9.17) is 10.6 Å². The normalized spacial score (nSPS) is 11.5. The van der Waals surface area contributed by atoms with Crippen LogP contribution in [0.2, 0.25) is 0 Å². The van der Waals surface area contributed by atoms with Gasteiger partial charge in [0, 0.05) is 7.05 Å². The summed E-state index contributed by atoms with van der Waals surface area (Å²) in [6, 6.07) is 13.4. The highest BCUT2D eigenvalue weighted by atomic mass is 32.2. The molecular weight excluding hydrogens is 440 g/mol. The minimum atomic E-state index is -0.111. The molecule has 0 spiro atoms. The summed E-state index contributed by atoms with van der Waals surface area (Å²) in [5.41, 5.74) is 2.74. The average molecular weight is 463 g/mol. The zero-order chi connectivity index (χ0) is 23.1. The van der Waals surface area contributed by atoms with Crippen molar-refractivity contribution < 1.29 is 4.74 Å². The van der Waals surface area contributed by atoms with Crippen molar-refractivity contribution >= 4 is 28.4 Å². The standard InChI is InChI=1S/C22H22N8O2S/c1-13-7-6-8-14(2)19(13)32-11-17-24-27-22(30(17)23)33-12-18-25-26-21-28(3)20(31)15-9-4-5-10-16(15)29(18)21/h4-10H,11-12,23H2,1-3H3. The number of para-hydroxylation sites is 2. The van der Waals surface area contributed by atoms with Crippen LogP contribution in [0, 0.1) is 13.8 Å². The van der Waals surface area contributed by atoms with Gasteiger partial charge in [0.05, 0.1) is 16.7 Å². The van der Waals surface area contributed by atoms with Crippen molar-refractivity contribution in [3.63, 3.8) is 0 Å². The first-order valence-electron chi connectivity index (χ1n) is 10.3. The molecule has 5 rings (SSSR count). The SMILES string of the molecule is Cc1cccc(C)c1OCc1nnc(SCc2nnc3n(C)c(=O)c4ccccc4n23)n1N. The fraction of sp³-hybridized carbons (Fsp3) is 0.227. The topological polar surface area (TPSA) is 118 Å². The summed E-state index contributed by atoms with van der Waals surface area (Å²) in [5.74, 6) is 9.16. The van der Waals surface area contributed by atoms with Crippen LogP contribution in [0.1, 0.15) is 22.8 Å². The first-order chi connectivity index (χ1) is 16.0. The van der Waals surface area contributed by atoms with Crippen LogP contribution in [0.25, 0.3) is 16.7 Å². The van der Waals surface area contributed by atoms with Gasteiger partial charge < -0.3 is 10.6 Å². The molecule has 0 saturated carbocycles. The van der Waals surface area contributed by atoms with E-state index in [0.717, 1.165) is 22.4 Å². The molecule has 3 heterocycles. The number of ether oxygens (including phenoxy) is 1. The molecule has 0 atom stereocenters. The highest BCUT2D eigenvalue weighted by Gasteiger charge is 2.17. The van der Waals surface area contributed by atoms with Gasteiger partial charge in [0.2, 0.25) is 10.9 Å². The average Bonchev–Trinajstić information content (AvgIpc) is 3.39. The molecule has 2 aromatic carbocycles. The van der Waals surface area contributed by atoms with Crippen molar-refractivity contribution in [3.05, 3.63) is 75.6 Å². The number of fused-ring (bicyclic) bond motifs is 3. The summed E-state index contributed by atoms with van der Waals surface area (Å²) in [6.45, 7) is 4.20. The first-order valence-corrected chi connectivity index (χ1v) is 11.3. The number of hydrogen-bond donors (Lipinski definition) is 1. The number of nitrogen functional groups attached to an aromatic ring is 1. The Bertz CT molecular complexity index is 1530. The number of thioether (sulfide) groups is 1. The summed E-state index contributed by atoms with van der Waals surface area (Å²) in [4.78, 5) is 12.6. The van der Waals surface area contributed by atoms with Crippen LogP contribution in [0.5, 0.6) is 5.75 Å². The molecule has 0 fully saturated rings. The van der Waals surface area contributed by atoms with Gasteiger partial charge in [0.1, 0.15) is 18.2 Å². The summed E-state index contributed by atoms with van der Waals surface area (Å²) in [7, 11) is 1.69. The predicted octanol–water partition coefficient (Wildman–Crippen LogP) is 2.37. The van der Waals surface area contributed by atoms with E-state index in [1.54, 1.807) is 13.1 Å². The third-order valence-electron chi connectivity index (χ3n) is 5.51. The molecule has 0 aliphatic heterocycles. The summed E-state index contributed by atoms with van der Waals surface area (Å²) in [5, 5.41) is 18.0. The Morgan fingerprint density at radius 2 is 1.70 bits per heavy atom.